The first-order chi connectivity index (χ1) is 15.0. The molecule has 0 fully saturated rings. The highest BCUT2D eigenvalue weighted by Crippen LogP contribution is 2.16. The summed E-state index contributed by atoms with van der Waals surface area (Å²) in [5.74, 6) is 0.408. The van der Waals surface area contributed by atoms with E-state index in [1.807, 2.05) is 80.6 Å². The second-order valence-electron chi connectivity index (χ2n) is 7.19. The lowest BCUT2D eigenvalue weighted by atomic mass is 10.0. The molecule has 0 radical (unpaired) electrons. The summed E-state index contributed by atoms with van der Waals surface area (Å²) in [6, 6.07) is 17.2. The maximum absolute atomic E-state index is 11.7. The minimum absolute atomic E-state index is 0.0401. The van der Waals surface area contributed by atoms with E-state index in [4.69, 9.17) is 4.42 Å². The number of carboxylic acids is 1. The molecule has 2 aromatic heterocycles. The molecule has 0 aliphatic heterocycles. The van der Waals surface area contributed by atoms with E-state index in [0.29, 0.717) is 30.1 Å². The van der Waals surface area contributed by atoms with E-state index in [-0.39, 0.29) is 5.69 Å². The van der Waals surface area contributed by atoms with Gasteiger partial charge in [0, 0.05) is 19.8 Å². The van der Waals surface area contributed by atoms with Crippen molar-refractivity contribution in [2.75, 3.05) is 0 Å². The van der Waals surface area contributed by atoms with Crippen molar-refractivity contribution in [1.82, 2.24) is 20.0 Å². The van der Waals surface area contributed by atoms with Gasteiger partial charge in [0.05, 0.1) is 11.4 Å². The fourth-order valence-corrected chi connectivity index (χ4v) is 3.37. The highest BCUT2D eigenvalue weighted by atomic mass is 16.4. The molecule has 0 aliphatic rings. The maximum atomic E-state index is 11.7. The summed E-state index contributed by atoms with van der Waals surface area (Å²) in [7, 11) is 0. The summed E-state index contributed by atoms with van der Waals surface area (Å²) in [4.78, 5) is 17.4. The summed E-state index contributed by atoms with van der Waals surface area (Å²) in [5.41, 5.74) is 3.99. The lowest BCUT2D eigenvalue weighted by Gasteiger charge is -2.01. The summed E-state index contributed by atoms with van der Waals surface area (Å²) in [6.45, 7) is 3.75. The number of aromatic carboxylic acids is 1. The van der Waals surface area contributed by atoms with Gasteiger partial charge in [-0.25, -0.2) is 9.78 Å². The number of hydrogen-bond donors (Lipinski definition) is 1. The van der Waals surface area contributed by atoms with Crippen LogP contribution >= 0.6 is 0 Å². The van der Waals surface area contributed by atoms with Crippen LogP contribution in [0, 0.1) is 13.8 Å². The molecule has 0 unspecified atom stereocenters. The van der Waals surface area contributed by atoms with Gasteiger partial charge in [-0.2, -0.15) is 9.90 Å². The second-order valence-corrected chi connectivity index (χ2v) is 7.19. The van der Waals surface area contributed by atoms with E-state index < -0.39 is 5.97 Å². The first-order valence-corrected chi connectivity index (χ1v) is 9.93. The predicted octanol–water partition coefficient (Wildman–Crippen LogP) is 4.42. The molecule has 0 atom stereocenters. The van der Waals surface area contributed by atoms with Crippen LogP contribution in [0.1, 0.15) is 44.7 Å². The average Bonchev–Trinajstić information content (AvgIpc) is 3.32. The van der Waals surface area contributed by atoms with Crippen molar-refractivity contribution in [2.24, 2.45) is 0 Å². The number of rotatable bonds is 7. The molecule has 1 N–H and O–H groups in total. The Balaban J connectivity index is 1.53. The van der Waals surface area contributed by atoms with Crippen LogP contribution < -0.4 is 0 Å². The standard InChI is InChI=1S/C24H22N4O3/c1-16-21(25-17(2)31-16)13-7-9-18-8-6-10-19(14-18)15-22-23(24(29)30)27-28(26-22)20-11-4-3-5-12-20/h3-12,14H,13,15H2,1-2H3,(H,29,30)/b9-7-. The molecular weight excluding hydrogens is 392 g/mol. The molecule has 0 amide bonds. The van der Waals surface area contributed by atoms with Crippen LogP contribution in [-0.4, -0.2) is 31.1 Å². The van der Waals surface area contributed by atoms with E-state index in [9.17, 15) is 9.90 Å². The first kappa shape index (κ1) is 20.3. The lowest BCUT2D eigenvalue weighted by Crippen LogP contribution is -2.03. The SMILES string of the molecule is Cc1nc(C/C=C\c2cccc(Cc3nn(-c4ccccc4)nc3C(=O)O)c2)c(C)o1. The van der Waals surface area contributed by atoms with Gasteiger partial charge in [0.25, 0.3) is 0 Å². The van der Waals surface area contributed by atoms with Crippen molar-refractivity contribution in [1.29, 1.82) is 0 Å². The number of aryl methyl sites for hydroxylation is 2. The number of hydrogen-bond acceptors (Lipinski definition) is 5. The zero-order valence-corrected chi connectivity index (χ0v) is 17.3. The number of carbonyl (C=O) groups is 1. The van der Waals surface area contributed by atoms with Gasteiger partial charge < -0.3 is 9.52 Å². The van der Waals surface area contributed by atoms with Crippen molar-refractivity contribution in [3.63, 3.8) is 0 Å². The minimum Gasteiger partial charge on any atom is -0.476 e. The van der Waals surface area contributed by atoms with Gasteiger partial charge in [-0.1, -0.05) is 54.6 Å². The van der Waals surface area contributed by atoms with Gasteiger partial charge in [0.15, 0.2) is 11.6 Å². The van der Waals surface area contributed by atoms with E-state index >= 15 is 0 Å². The summed E-state index contributed by atoms with van der Waals surface area (Å²) >= 11 is 0. The van der Waals surface area contributed by atoms with Gasteiger partial charge in [-0.15, -0.1) is 5.10 Å². The number of nitrogens with zero attached hydrogens (tertiary/aromatic N) is 4. The minimum atomic E-state index is -1.09. The van der Waals surface area contributed by atoms with Gasteiger partial charge in [-0.3, -0.25) is 0 Å². The van der Waals surface area contributed by atoms with E-state index in [0.717, 1.165) is 22.6 Å². The molecule has 4 rings (SSSR count). The molecule has 0 saturated heterocycles. The number of oxazole rings is 1. The van der Waals surface area contributed by atoms with Crippen LogP contribution in [0.4, 0.5) is 0 Å². The molecular formula is C24H22N4O3. The largest absolute Gasteiger partial charge is 0.476 e. The Bertz CT molecular complexity index is 1240. The summed E-state index contributed by atoms with van der Waals surface area (Å²) in [6.07, 6.45) is 5.11. The Labute approximate surface area is 179 Å². The predicted molar refractivity (Wildman–Crippen MR) is 116 cm³/mol. The highest BCUT2D eigenvalue weighted by Gasteiger charge is 2.18. The Morgan fingerprint density at radius 3 is 2.58 bits per heavy atom. The van der Waals surface area contributed by atoms with E-state index in [2.05, 4.69) is 15.2 Å². The Morgan fingerprint density at radius 2 is 1.87 bits per heavy atom. The third-order valence-electron chi connectivity index (χ3n) is 4.82. The average molecular weight is 414 g/mol. The number of carboxylic acid groups (broad SMARTS) is 1. The molecule has 4 aromatic rings. The van der Waals surface area contributed by atoms with Crippen LogP contribution in [0.3, 0.4) is 0 Å². The quantitative estimate of drug-likeness (QED) is 0.481. The lowest BCUT2D eigenvalue weighted by molar-refractivity contribution is 0.0689. The van der Waals surface area contributed by atoms with Crippen molar-refractivity contribution in [2.45, 2.75) is 26.7 Å². The molecule has 7 nitrogen and oxygen atoms in total. The van der Waals surface area contributed by atoms with Crippen molar-refractivity contribution in [3.8, 4) is 5.69 Å². The Kier molecular flexibility index (Phi) is 5.75. The zero-order chi connectivity index (χ0) is 21.8. The van der Waals surface area contributed by atoms with Gasteiger partial charge in [-0.05, 0) is 30.2 Å². The van der Waals surface area contributed by atoms with Gasteiger partial charge in [0.1, 0.15) is 11.5 Å². The highest BCUT2D eigenvalue weighted by molar-refractivity contribution is 5.86. The van der Waals surface area contributed by atoms with Crippen LogP contribution in [-0.2, 0) is 12.8 Å². The molecule has 2 aromatic carbocycles. The molecule has 156 valence electrons. The third kappa shape index (κ3) is 4.78. The van der Waals surface area contributed by atoms with Crippen LogP contribution in [0.5, 0.6) is 0 Å². The topological polar surface area (TPSA) is 94.0 Å². The van der Waals surface area contributed by atoms with E-state index in [1.54, 1.807) is 0 Å². The van der Waals surface area contributed by atoms with Crippen molar-refractivity contribution < 1.29 is 14.3 Å². The first-order valence-electron chi connectivity index (χ1n) is 9.93. The van der Waals surface area contributed by atoms with Crippen LogP contribution in [0.2, 0.25) is 0 Å². The zero-order valence-electron chi connectivity index (χ0n) is 17.3. The number of benzene rings is 2. The summed E-state index contributed by atoms with van der Waals surface area (Å²) < 4.78 is 5.46. The molecule has 0 spiro atoms. The molecule has 2 heterocycles. The Hall–Kier alpha value is -4.00. The number of allylic oxidation sites excluding steroid dienone is 1. The molecule has 0 saturated carbocycles. The maximum Gasteiger partial charge on any atom is 0.358 e. The molecule has 0 aliphatic carbocycles. The molecule has 0 bridgehead atoms. The smallest absolute Gasteiger partial charge is 0.358 e. The Morgan fingerprint density at radius 1 is 1.06 bits per heavy atom. The van der Waals surface area contributed by atoms with Crippen LogP contribution in [0.15, 0.2) is 65.1 Å². The van der Waals surface area contributed by atoms with Crippen LogP contribution in [0.25, 0.3) is 11.8 Å². The fraction of sp³-hybridized carbons (Fsp3) is 0.167. The monoisotopic (exact) mass is 414 g/mol. The third-order valence-corrected chi connectivity index (χ3v) is 4.82. The van der Waals surface area contributed by atoms with Crippen molar-refractivity contribution >= 4 is 12.0 Å². The number of para-hydroxylation sites is 1. The second kappa shape index (κ2) is 8.79. The van der Waals surface area contributed by atoms with E-state index in [1.165, 1.54) is 4.80 Å². The van der Waals surface area contributed by atoms with Crippen molar-refractivity contribution in [3.05, 3.63) is 101 Å². The fourth-order valence-electron chi connectivity index (χ4n) is 3.37. The molecule has 31 heavy (non-hydrogen) atoms. The molecule has 7 heteroatoms. The number of aromatic nitrogens is 4. The summed E-state index contributed by atoms with van der Waals surface area (Å²) in [5, 5.41) is 18.2. The van der Waals surface area contributed by atoms with Gasteiger partial charge in [0.2, 0.25) is 0 Å². The normalized spacial score (nSPS) is 11.3. The van der Waals surface area contributed by atoms with Gasteiger partial charge >= 0.3 is 5.97 Å².